The van der Waals surface area contributed by atoms with Gasteiger partial charge in [0, 0.05) is 202 Å². The Morgan fingerprint density at radius 1 is 0.789 bits per heavy atom. The van der Waals surface area contributed by atoms with E-state index in [1.54, 1.807) is 0 Å². The predicted molar refractivity (Wildman–Crippen MR) is 135 cm³/mol. The van der Waals surface area contributed by atoms with E-state index in [1.165, 1.54) is 24.6 Å². The fourth-order valence-corrected chi connectivity index (χ4v) is 4.95. The van der Waals surface area contributed by atoms with Crippen molar-refractivity contribution < 1.29 is 206 Å². The van der Waals surface area contributed by atoms with Crippen molar-refractivity contribution in [1.82, 2.24) is 10.6 Å². The van der Waals surface area contributed by atoms with E-state index in [9.17, 15) is 24.9 Å². The van der Waals surface area contributed by atoms with Crippen molar-refractivity contribution in [1.29, 1.82) is 0 Å². The first-order valence-corrected chi connectivity index (χ1v) is 13.9. The summed E-state index contributed by atoms with van der Waals surface area (Å²) in [6.45, 7) is 3.08. The summed E-state index contributed by atoms with van der Waals surface area (Å²) in [6.07, 6.45) is 7.54. The Kier molecular flexibility index (Phi) is 43.5. The van der Waals surface area contributed by atoms with Crippen LogP contribution in [0.2, 0.25) is 0 Å². The number of thioether (sulfide) groups is 1. The number of carbonyl (C=O) groups is 2. The van der Waals surface area contributed by atoms with Crippen LogP contribution in [0.15, 0.2) is 0 Å². The summed E-state index contributed by atoms with van der Waals surface area (Å²) in [4.78, 5) is 23.6. The Morgan fingerprint density at radius 3 is 1.79 bits per heavy atom. The second-order valence-electron chi connectivity index (χ2n) is 8.99. The van der Waals surface area contributed by atoms with Gasteiger partial charge in [-0.3, -0.25) is 9.59 Å². The molecule has 0 aliphatic carbocycles. The molecule has 0 aromatic rings. The van der Waals surface area contributed by atoms with Crippen molar-refractivity contribution in [2.45, 2.75) is 114 Å². The van der Waals surface area contributed by atoms with Gasteiger partial charge in [0.05, 0.1) is 18.1 Å². The van der Waals surface area contributed by atoms with Gasteiger partial charge in [-0.25, -0.2) is 0 Å². The van der Waals surface area contributed by atoms with Crippen molar-refractivity contribution in [2.24, 2.45) is 0 Å². The maximum absolute atomic E-state index is 11.9. The van der Waals surface area contributed by atoms with Gasteiger partial charge in [-0.15, -0.1) is 11.8 Å². The van der Waals surface area contributed by atoms with Gasteiger partial charge in [-0.1, -0.05) is 45.1 Å². The van der Waals surface area contributed by atoms with Gasteiger partial charge in [0.1, 0.15) is 12.2 Å². The molecule has 0 bridgehead atoms. The monoisotopic (exact) mass is 1410 g/mol. The molecule has 6 N–H and O–H groups in total. The van der Waals surface area contributed by atoms with E-state index in [0.717, 1.165) is 57.1 Å². The first-order valence-electron chi connectivity index (χ1n) is 12.9. The van der Waals surface area contributed by atoms with E-state index >= 15 is 0 Å². The van der Waals surface area contributed by atoms with Gasteiger partial charge >= 0.3 is 0 Å². The topological polar surface area (TPSA) is 152 Å². The van der Waals surface area contributed by atoms with Crippen LogP contribution in [0.3, 0.4) is 0 Å². The minimum Gasteiger partial charge on any atom is -0.670 e. The molecule has 0 spiro atoms. The molecule has 1 rings (SSSR count). The van der Waals surface area contributed by atoms with Gasteiger partial charge in [0.2, 0.25) is 11.8 Å². The molecule has 0 saturated carbocycles. The molecule has 212 valence electrons. The number of carbonyl (C=O) groups excluding carboxylic acids is 2. The number of ether oxygens (including phenoxy) is 1. The maximum atomic E-state index is 11.9. The van der Waals surface area contributed by atoms with E-state index in [-0.39, 0.29) is 188 Å². The molecule has 1 aliphatic heterocycles. The van der Waals surface area contributed by atoms with E-state index in [0.29, 0.717) is 25.9 Å². The Labute approximate surface area is 377 Å². The Hall–Kier alpha value is 4.86. The summed E-state index contributed by atoms with van der Waals surface area (Å²) in [5.41, 5.74) is 7.39. The molecule has 9 nitrogen and oxygen atoms in total. The summed E-state index contributed by atoms with van der Waals surface area (Å²) in [5, 5.41) is 34.8. The minimum atomic E-state index is -1.24. The van der Waals surface area contributed by atoms with Crippen LogP contribution in [0.5, 0.6) is 0 Å². The third kappa shape index (κ3) is 24.1. The summed E-state index contributed by atoms with van der Waals surface area (Å²) >= 11 is 1.41. The Morgan fingerprint density at radius 2 is 1.29 bits per heavy atom. The van der Waals surface area contributed by atoms with E-state index in [1.807, 2.05) is 0 Å². The minimum absolute atomic E-state index is 0. The summed E-state index contributed by atoms with van der Waals surface area (Å²) in [5.74, 6) is 0.929. The molecule has 2 unspecified atom stereocenters. The number of aliphatic hydroxyl groups is 3. The molecule has 1 aliphatic rings. The van der Waals surface area contributed by atoms with Crippen LogP contribution in [0, 0.1) is 176 Å². The van der Waals surface area contributed by atoms with Crippen LogP contribution in [0.1, 0.15) is 84.0 Å². The SMILES string of the molecule is CCCCCCC(=O)NCCCCCC(=O)NCCCCCS[C@@H]1OC(CO)[C@@H](O)[C@@H](O)C1[NH-].[Ac].[Ac].[Ac].[Ac]. The third-order valence-corrected chi connectivity index (χ3v) is 7.22. The molecular weight excluding hydrogens is 1370 g/mol. The normalized spacial score (nSPS) is 22.1. The van der Waals surface area contributed by atoms with Crippen LogP contribution >= 0.6 is 11.8 Å². The molecular formula is C24H46Ac4N3O6S-. The van der Waals surface area contributed by atoms with Crippen LogP contribution in [-0.2, 0) is 14.3 Å². The van der Waals surface area contributed by atoms with Gasteiger partial charge in [0.15, 0.2) is 0 Å². The van der Waals surface area contributed by atoms with Crippen LogP contribution in [0.4, 0.5) is 0 Å². The molecule has 0 aromatic heterocycles. The molecule has 1 saturated heterocycles. The average molecular weight is 1410 g/mol. The fourth-order valence-electron chi connectivity index (χ4n) is 3.76. The quantitative estimate of drug-likeness (QED) is 0.125. The number of aliphatic hydroxyl groups excluding tert-OH is 3. The number of amides is 2. The number of unbranched alkanes of at least 4 members (excludes halogenated alkanes) is 7. The molecule has 4 radical (unpaired) electrons. The van der Waals surface area contributed by atoms with Crippen molar-refractivity contribution in [3.05, 3.63) is 5.73 Å². The summed E-state index contributed by atoms with van der Waals surface area (Å²) in [6, 6.07) is -0.950. The second kappa shape index (κ2) is 33.2. The first-order chi connectivity index (χ1) is 16.4. The smallest absolute Gasteiger partial charge is 0.219 e. The fraction of sp³-hybridized carbons (Fsp3) is 0.917. The predicted octanol–water partition coefficient (Wildman–Crippen LogP) is 2.51. The molecule has 1 heterocycles. The first kappa shape index (κ1) is 49.7. The van der Waals surface area contributed by atoms with E-state index < -0.39 is 36.4 Å². The molecule has 5 atom stereocenters. The van der Waals surface area contributed by atoms with Gasteiger partial charge in [0.25, 0.3) is 0 Å². The van der Waals surface area contributed by atoms with Crippen molar-refractivity contribution in [3.63, 3.8) is 0 Å². The third-order valence-electron chi connectivity index (χ3n) is 5.97. The van der Waals surface area contributed by atoms with Crippen LogP contribution < -0.4 is 10.6 Å². The summed E-state index contributed by atoms with van der Waals surface area (Å²) in [7, 11) is 0. The zero-order chi connectivity index (χ0) is 25.2. The second-order valence-corrected chi connectivity index (χ2v) is 10.2. The standard InChI is InChI=1S/C24H46N3O6S.4Ac/c1-2-3-4-7-12-19(29)26-14-9-5-8-13-20(30)27-15-10-6-11-16-34-24-21(25)23(32)22(31)18(17-28)33-24;;;;/h18,21-25,28,31-32H,2-17H2,1H3,(H,26,29)(H,27,30);;;;/q-1;;;;/t18?,21?,22-,23+,24+;;;;/m1..../s1. The zero-order valence-electron chi connectivity index (χ0n) is 23.0. The van der Waals surface area contributed by atoms with Crippen LogP contribution in [-0.4, -0.2) is 82.4 Å². The number of hydrogen-bond donors (Lipinski definition) is 5. The van der Waals surface area contributed by atoms with Crippen LogP contribution in [0.25, 0.3) is 5.73 Å². The molecule has 1 fully saturated rings. The largest absolute Gasteiger partial charge is 0.670 e. The van der Waals surface area contributed by atoms with Gasteiger partial charge < -0.3 is 36.4 Å². The zero-order valence-corrected chi connectivity index (χ0v) is 42.8. The van der Waals surface area contributed by atoms with Crippen molar-refractivity contribution in [2.75, 3.05) is 25.4 Å². The number of hydrogen-bond acceptors (Lipinski definition) is 7. The Balaban J connectivity index is -0.00000144. The average Bonchev–Trinajstić information content (AvgIpc) is 2.83. The van der Waals surface area contributed by atoms with Crippen molar-refractivity contribution in [3.8, 4) is 0 Å². The van der Waals surface area contributed by atoms with E-state index in [4.69, 9.17) is 10.5 Å². The Bertz CT molecular complexity index is 573. The molecule has 38 heavy (non-hydrogen) atoms. The molecule has 14 heteroatoms. The van der Waals surface area contributed by atoms with Gasteiger partial charge in [-0.2, -0.15) is 0 Å². The number of nitrogens with one attached hydrogen (secondary N) is 3. The maximum Gasteiger partial charge on any atom is 0.219 e. The van der Waals surface area contributed by atoms with Crippen molar-refractivity contribution >= 4 is 23.6 Å². The van der Waals surface area contributed by atoms with E-state index in [2.05, 4.69) is 17.6 Å². The molecule has 2 amide bonds. The molecule has 0 aromatic carbocycles. The van der Waals surface area contributed by atoms with Gasteiger partial charge in [-0.05, 0) is 37.9 Å². The summed E-state index contributed by atoms with van der Waals surface area (Å²) < 4.78 is 5.52. The number of rotatable bonds is 19.